The summed E-state index contributed by atoms with van der Waals surface area (Å²) in [7, 11) is -1.87. The third-order valence-electron chi connectivity index (χ3n) is 1.96. The van der Waals surface area contributed by atoms with Crippen molar-refractivity contribution in [1.82, 2.24) is 5.32 Å². The minimum absolute atomic E-state index is 0.0429. The summed E-state index contributed by atoms with van der Waals surface area (Å²) in [6.07, 6.45) is 0. The molecule has 0 saturated heterocycles. The molecular formula is C10H13BFNO3. The molecule has 0 aromatic heterocycles. The van der Waals surface area contributed by atoms with Crippen molar-refractivity contribution >= 4 is 18.5 Å². The van der Waals surface area contributed by atoms with Gasteiger partial charge in [0.25, 0.3) is 5.91 Å². The molecule has 0 saturated carbocycles. The van der Waals surface area contributed by atoms with Gasteiger partial charge in [-0.05, 0) is 26.0 Å². The van der Waals surface area contributed by atoms with E-state index in [1.165, 1.54) is 12.1 Å². The SMILES string of the molecule is CC(C)NC(=O)c1ccc(B(O)O)c(F)c1. The zero-order valence-electron chi connectivity index (χ0n) is 9.07. The van der Waals surface area contributed by atoms with Crippen molar-refractivity contribution in [2.45, 2.75) is 19.9 Å². The predicted molar refractivity (Wildman–Crippen MR) is 58.8 cm³/mol. The molecule has 0 unspecified atom stereocenters. The molecule has 16 heavy (non-hydrogen) atoms. The number of carbonyl (C=O) groups is 1. The largest absolute Gasteiger partial charge is 0.491 e. The zero-order valence-corrected chi connectivity index (χ0v) is 9.07. The van der Waals surface area contributed by atoms with E-state index in [0.717, 1.165) is 6.07 Å². The minimum Gasteiger partial charge on any atom is -0.423 e. The Balaban J connectivity index is 2.93. The molecule has 86 valence electrons. The Morgan fingerprint density at radius 1 is 1.44 bits per heavy atom. The Morgan fingerprint density at radius 2 is 2.06 bits per heavy atom. The first-order valence-electron chi connectivity index (χ1n) is 4.88. The first-order chi connectivity index (χ1) is 7.41. The molecule has 0 radical (unpaired) electrons. The molecule has 0 spiro atoms. The van der Waals surface area contributed by atoms with Crippen LogP contribution in [0, 0.1) is 5.82 Å². The van der Waals surface area contributed by atoms with E-state index in [1.54, 1.807) is 13.8 Å². The highest BCUT2D eigenvalue weighted by Crippen LogP contribution is 2.03. The van der Waals surface area contributed by atoms with Gasteiger partial charge in [0.1, 0.15) is 5.82 Å². The molecule has 0 fully saturated rings. The second-order valence-corrected chi connectivity index (χ2v) is 3.74. The topological polar surface area (TPSA) is 69.6 Å². The summed E-state index contributed by atoms with van der Waals surface area (Å²) in [5.41, 5.74) is -0.100. The molecule has 0 aliphatic rings. The van der Waals surface area contributed by atoms with Gasteiger partial charge in [-0.1, -0.05) is 6.07 Å². The Morgan fingerprint density at radius 3 is 2.50 bits per heavy atom. The van der Waals surface area contributed by atoms with E-state index in [2.05, 4.69) is 5.32 Å². The predicted octanol–water partition coefficient (Wildman–Crippen LogP) is -0.356. The number of nitrogens with one attached hydrogen (secondary N) is 1. The van der Waals surface area contributed by atoms with Crippen LogP contribution in [0.3, 0.4) is 0 Å². The van der Waals surface area contributed by atoms with Crippen LogP contribution in [-0.2, 0) is 0 Å². The average molecular weight is 225 g/mol. The van der Waals surface area contributed by atoms with E-state index in [9.17, 15) is 9.18 Å². The summed E-state index contributed by atoms with van der Waals surface area (Å²) >= 11 is 0. The fourth-order valence-corrected chi connectivity index (χ4v) is 1.22. The maximum atomic E-state index is 13.3. The highest BCUT2D eigenvalue weighted by atomic mass is 19.1. The van der Waals surface area contributed by atoms with Crippen LogP contribution in [0.2, 0.25) is 0 Å². The van der Waals surface area contributed by atoms with Crippen LogP contribution in [0.25, 0.3) is 0 Å². The van der Waals surface area contributed by atoms with Crippen molar-refractivity contribution in [3.63, 3.8) is 0 Å². The number of rotatable bonds is 3. The van der Waals surface area contributed by atoms with Crippen LogP contribution in [0.4, 0.5) is 4.39 Å². The van der Waals surface area contributed by atoms with Gasteiger partial charge in [-0.3, -0.25) is 4.79 Å². The smallest absolute Gasteiger partial charge is 0.423 e. The fraction of sp³-hybridized carbons (Fsp3) is 0.300. The summed E-state index contributed by atoms with van der Waals surface area (Å²) in [6, 6.07) is 3.45. The summed E-state index contributed by atoms with van der Waals surface area (Å²) in [6.45, 7) is 3.58. The van der Waals surface area contributed by atoms with Crippen LogP contribution in [0.1, 0.15) is 24.2 Å². The maximum absolute atomic E-state index is 13.3. The lowest BCUT2D eigenvalue weighted by Gasteiger charge is -2.09. The van der Waals surface area contributed by atoms with E-state index in [0.29, 0.717) is 0 Å². The number of carbonyl (C=O) groups excluding carboxylic acids is 1. The fourth-order valence-electron chi connectivity index (χ4n) is 1.22. The summed E-state index contributed by atoms with van der Waals surface area (Å²) < 4.78 is 13.3. The van der Waals surface area contributed by atoms with E-state index in [1.807, 2.05) is 0 Å². The maximum Gasteiger partial charge on any atom is 0.491 e. The zero-order chi connectivity index (χ0) is 12.3. The normalized spacial score (nSPS) is 10.4. The molecule has 0 aliphatic heterocycles. The molecule has 4 nitrogen and oxygen atoms in total. The second-order valence-electron chi connectivity index (χ2n) is 3.74. The lowest BCUT2D eigenvalue weighted by molar-refractivity contribution is 0.0942. The van der Waals surface area contributed by atoms with Crippen LogP contribution < -0.4 is 10.8 Å². The monoisotopic (exact) mass is 225 g/mol. The van der Waals surface area contributed by atoms with Gasteiger partial charge < -0.3 is 15.4 Å². The van der Waals surface area contributed by atoms with Crippen LogP contribution in [0.15, 0.2) is 18.2 Å². The van der Waals surface area contributed by atoms with Crippen molar-refractivity contribution in [1.29, 1.82) is 0 Å². The Kier molecular flexibility index (Phi) is 4.03. The van der Waals surface area contributed by atoms with E-state index in [-0.39, 0.29) is 17.1 Å². The molecule has 6 heteroatoms. The summed E-state index contributed by atoms with van der Waals surface area (Å²) in [4.78, 5) is 11.5. The highest BCUT2D eigenvalue weighted by Gasteiger charge is 2.18. The molecule has 0 aliphatic carbocycles. The number of amides is 1. The third kappa shape index (κ3) is 3.05. The van der Waals surface area contributed by atoms with E-state index < -0.39 is 18.8 Å². The quantitative estimate of drug-likeness (QED) is 0.615. The molecule has 0 bridgehead atoms. The number of hydrogen-bond donors (Lipinski definition) is 3. The second kappa shape index (κ2) is 5.09. The molecular weight excluding hydrogens is 212 g/mol. The Hall–Kier alpha value is -1.40. The van der Waals surface area contributed by atoms with Crippen molar-refractivity contribution in [3.8, 4) is 0 Å². The van der Waals surface area contributed by atoms with Crippen molar-refractivity contribution in [2.24, 2.45) is 0 Å². The Labute approximate surface area is 93.2 Å². The lowest BCUT2D eigenvalue weighted by atomic mass is 9.79. The van der Waals surface area contributed by atoms with Gasteiger partial charge in [0.05, 0.1) is 0 Å². The van der Waals surface area contributed by atoms with Crippen LogP contribution in [0.5, 0.6) is 0 Å². The Bertz CT molecular complexity index is 396. The molecule has 0 heterocycles. The third-order valence-corrected chi connectivity index (χ3v) is 1.96. The number of halogens is 1. The van der Waals surface area contributed by atoms with Crippen molar-refractivity contribution in [3.05, 3.63) is 29.6 Å². The van der Waals surface area contributed by atoms with Crippen LogP contribution >= 0.6 is 0 Å². The van der Waals surface area contributed by atoms with Gasteiger partial charge in [0.15, 0.2) is 0 Å². The number of benzene rings is 1. The molecule has 1 rings (SSSR count). The average Bonchev–Trinajstić information content (AvgIpc) is 2.15. The number of hydrogen-bond acceptors (Lipinski definition) is 3. The van der Waals surface area contributed by atoms with Crippen LogP contribution in [-0.4, -0.2) is 29.1 Å². The van der Waals surface area contributed by atoms with Gasteiger partial charge >= 0.3 is 7.12 Å². The molecule has 1 aromatic rings. The molecule has 1 amide bonds. The standard InChI is InChI=1S/C10H13BFNO3/c1-6(2)13-10(14)7-3-4-8(11(15)16)9(12)5-7/h3-6,15-16H,1-2H3,(H,13,14). The summed E-state index contributed by atoms with van der Waals surface area (Å²) in [5, 5.41) is 20.2. The van der Waals surface area contributed by atoms with Crippen molar-refractivity contribution in [2.75, 3.05) is 0 Å². The highest BCUT2D eigenvalue weighted by molar-refractivity contribution is 6.58. The van der Waals surface area contributed by atoms with E-state index in [4.69, 9.17) is 10.0 Å². The molecule has 3 N–H and O–H groups in total. The first-order valence-corrected chi connectivity index (χ1v) is 4.88. The lowest BCUT2D eigenvalue weighted by Crippen LogP contribution is -2.34. The van der Waals surface area contributed by atoms with E-state index >= 15 is 0 Å². The van der Waals surface area contributed by atoms with Gasteiger partial charge in [0.2, 0.25) is 0 Å². The van der Waals surface area contributed by atoms with Gasteiger partial charge in [-0.15, -0.1) is 0 Å². The van der Waals surface area contributed by atoms with Crippen molar-refractivity contribution < 1.29 is 19.2 Å². The van der Waals surface area contributed by atoms with Gasteiger partial charge in [0, 0.05) is 17.1 Å². The van der Waals surface area contributed by atoms with Gasteiger partial charge in [-0.2, -0.15) is 0 Å². The molecule has 0 atom stereocenters. The molecule has 1 aromatic carbocycles. The minimum atomic E-state index is -1.87. The summed E-state index contributed by atoms with van der Waals surface area (Å²) in [5.74, 6) is -1.21. The first kappa shape index (κ1) is 12.7. The van der Waals surface area contributed by atoms with Gasteiger partial charge in [-0.25, -0.2) is 4.39 Å².